The van der Waals surface area contributed by atoms with Gasteiger partial charge in [0.1, 0.15) is 6.04 Å². The number of hydrogen-bond donors (Lipinski definition) is 2. The molecule has 1 unspecified atom stereocenters. The van der Waals surface area contributed by atoms with Gasteiger partial charge >= 0.3 is 0 Å². The number of amides is 1. The molecular formula is C15H14BrClN2O. The Morgan fingerprint density at radius 1 is 1.25 bits per heavy atom. The van der Waals surface area contributed by atoms with Crippen molar-refractivity contribution >= 4 is 39.1 Å². The van der Waals surface area contributed by atoms with E-state index in [1.54, 1.807) is 12.1 Å². The zero-order valence-corrected chi connectivity index (χ0v) is 13.2. The molecule has 0 aliphatic carbocycles. The molecule has 0 aliphatic rings. The van der Waals surface area contributed by atoms with Gasteiger partial charge in [-0.15, -0.1) is 0 Å². The molecule has 2 aromatic rings. The van der Waals surface area contributed by atoms with Gasteiger partial charge in [0.15, 0.2) is 0 Å². The number of primary amides is 1. The van der Waals surface area contributed by atoms with E-state index in [-0.39, 0.29) is 0 Å². The van der Waals surface area contributed by atoms with E-state index in [9.17, 15) is 4.79 Å². The molecule has 104 valence electrons. The van der Waals surface area contributed by atoms with Crippen LogP contribution in [0.1, 0.15) is 17.2 Å². The number of hydrogen-bond acceptors (Lipinski definition) is 2. The van der Waals surface area contributed by atoms with Crippen LogP contribution in [-0.4, -0.2) is 5.91 Å². The molecule has 3 nitrogen and oxygen atoms in total. The van der Waals surface area contributed by atoms with Crippen molar-refractivity contribution in [1.29, 1.82) is 0 Å². The van der Waals surface area contributed by atoms with Crippen LogP contribution in [0.4, 0.5) is 5.69 Å². The summed E-state index contributed by atoms with van der Waals surface area (Å²) in [6.45, 7) is 1.99. The van der Waals surface area contributed by atoms with E-state index in [1.807, 2.05) is 37.3 Å². The lowest BCUT2D eigenvalue weighted by Crippen LogP contribution is -2.27. The van der Waals surface area contributed by atoms with Gasteiger partial charge < -0.3 is 11.1 Å². The summed E-state index contributed by atoms with van der Waals surface area (Å²) in [5, 5.41) is 3.73. The van der Waals surface area contributed by atoms with Crippen molar-refractivity contribution < 1.29 is 4.79 Å². The lowest BCUT2D eigenvalue weighted by molar-refractivity contribution is -0.118. The van der Waals surface area contributed by atoms with Gasteiger partial charge in [0, 0.05) is 10.2 Å². The third kappa shape index (κ3) is 3.52. The van der Waals surface area contributed by atoms with Crippen molar-refractivity contribution in [3.05, 3.63) is 63.1 Å². The first-order valence-electron chi connectivity index (χ1n) is 6.05. The van der Waals surface area contributed by atoms with E-state index in [2.05, 4.69) is 21.2 Å². The highest BCUT2D eigenvalue weighted by atomic mass is 79.9. The van der Waals surface area contributed by atoms with E-state index in [1.165, 1.54) is 0 Å². The lowest BCUT2D eigenvalue weighted by Gasteiger charge is -2.17. The summed E-state index contributed by atoms with van der Waals surface area (Å²) in [5.74, 6) is -0.431. The molecule has 0 heterocycles. The van der Waals surface area contributed by atoms with Gasteiger partial charge in [0.05, 0.1) is 5.02 Å². The number of benzene rings is 2. The van der Waals surface area contributed by atoms with Crippen LogP contribution in [0.3, 0.4) is 0 Å². The fourth-order valence-corrected chi connectivity index (χ4v) is 2.33. The molecule has 1 amide bonds. The minimum absolute atomic E-state index is 0.431. The zero-order valence-electron chi connectivity index (χ0n) is 10.9. The fraction of sp³-hybridized carbons (Fsp3) is 0.133. The average Bonchev–Trinajstić information content (AvgIpc) is 2.41. The number of carbonyl (C=O) groups is 1. The maximum absolute atomic E-state index is 11.7. The molecular weight excluding hydrogens is 340 g/mol. The first-order valence-corrected chi connectivity index (χ1v) is 7.22. The van der Waals surface area contributed by atoms with Gasteiger partial charge in [0.2, 0.25) is 5.91 Å². The maximum atomic E-state index is 11.7. The van der Waals surface area contributed by atoms with Crippen LogP contribution in [0.15, 0.2) is 46.9 Å². The summed E-state index contributed by atoms with van der Waals surface area (Å²) in [7, 11) is 0. The Hall–Kier alpha value is -1.52. The van der Waals surface area contributed by atoms with Gasteiger partial charge in [0.25, 0.3) is 0 Å². The maximum Gasteiger partial charge on any atom is 0.244 e. The van der Waals surface area contributed by atoms with Crippen LogP contribution >= 0.6 is 27.5 Å². The zero-order chi connectivity index (χ0) is 14.7. The Labute approximate surface area is 131 Å². The monoisotopic (exact) mass is 352 g/mol. The molecule has 0 aromatic heterocycles. The van der Waals surface area contributed by atoms with E-state index >= 15 is 0 Å². The van der Waals surface area contributed by atoms with Gasteiger partial charge in [-0.05, 0) is 46.6 Å². The van der Waals surface area contributed by atoms with E-state index < -0.39 is 11.9 Å². The molecule has 0 aliphatic heterocycles. The molecule has 0 saturated heterocycles. The van der Waals surface area contributed by atoms with Gasteiger partial charge in [-0.2, -0.15) is 0 Å². The van der Waals surface area contributed by atoms with Crippen LogP contribution in [-0.2, 0) is 4.79 Å². The van der Waals surface area contributed by atoms with Crippen molar-refractivity contribution in [2.24, 2.45) is 5.73 Å². The third-order valence-corrected chi connectivity index (χ3v) is 4.14. The first kappa shape index (κ1) is 14.9. The second-order valence-electron chi connectivity index (χ2n) is 4.52. The lowest BCUT2D eigenvalue weighted by atomic mass is 10.0. The van der Waals surface area contributed by atoms with Crippen LogP contribution in [0, 0.1) is 6.92 Å². The topological polar surface area (TPSA) is 55.1 Å². The molecule has 3 N–H and O–H groups in total. The van der Waals surface area contributed by atoms with Crippen molar-refractivity contribution in [3.8, 4) is 0 Å². The van der Waals surface area contributed by atoms with Crippen molar-refractivity contribution in [3.63, 3.8) is 0 Å². The number of aryl methyl sites for hydroxylation is 1. The quantitative estimate of drug-likeness (QED) is 0.871. The van der Waals surface area contributed by atoms with Gasteiger partial charge in [-0.1, -0.05) is 41.4 Å². The van der Waals surface area contributed by atoms with Crippen LogP contribution in [0.2, 0.25) is 5.02 Å². The number of nitrogens with two attached hydrogens (primary N) is 1. The Kier molecular flexibility index (Phi) is 4.68. The van der Waals surface area contributed by atoms with E-state index in [0.29, 0.717) is 5.02 Å². The smallest absolute Gasteiger partial charge is 0.244 e. The van der Waals surface area contributed by atoms with Crippen molar-refractivity contribution in [2.75, 3.05) is 5.32 Å². The summed E-state index contributed by atoms with van der Waals surface area (Å²) >= 11 is 9.30. The molecule has 0 spiro atoms. The molecule has 0 radical (unpaired) electrons. The predicted molar refractivity (Wildman–Crippen MR) is 85.9 cm³/mol. The molecule has 2 aromatic carbocycles. The molecule has 0 saturated carbocycles. The van der Waals surface area contributed by atoms with E-state index in [4.69, 9.17) is 17.3 Å². The Balaban J connectivity index is 2.27. The number of carbonyl (C=O) groups excluding carboxylic acids is 1. The summed E-state index contributed by atoms with van der Waals surface area (Å²) in [6.07, 6.45) is 0. The molecule has 5 heteroatoms. The van der Waals surface area contributed by atoms with Crippen LogP contribution in [0.25, 0.3) is 0 Å². The number of nitrogens with one attached hydrogen (secondary N) is 1. The number of rotatable bonds is 4. The van der Waals surface area contributed by atoms with Crippen LogP contribution in [0.5, 0.6) is 0 Å². The molecule has 2 rings (SSSR count). The number of anilines is 1. The van der Waals surface area contributed by atoms with Gasteiger partial charge in [-0.3, -0.25) is 4.79 Å². The molecule has 1 atom stereocenters. The molecule has 0 fully saturated rings. The Morgan fingerprint density at radius 3 is 2.45 bits per heavy atom. The minimum Gasteiger partial charge on any atom is -0.370 e. The highest BCUT2D eigenvalue weighted by Gasteiger charge is 2.17. The normalized spacial score (nSPS) is 11.9. The highest BCUT2D eigenvalue weighted by Crippen LogP contribution is 2.28. The minimum atomic E-state index is -0.580. The highest BCUT2D eigenvalue weighted by molar-refractivity contribution is 9.10. The first-order chi connectivity index (χ1) is 9.47. The average molecular weight is 354 g/mol. The van der Waals surface area contributed by atoms with E-state index in [0.717, 1.165) is 21.3 Å². The summed E-state index contributed by atoms with van der Waals surface area (Å²) in [5.41, 5.74) is 8.21. The second kappa shape index (κ2) is 6.29. The molecule has 0 bridgehead atoms. The Bertz CT molecular complexity index is 628. The predicted octanol–water partition coefficient (Wildman–Crippen LogP) is 4.05. The fourth-order valence-electron chi connectivity index (χ4n) is 1.83. The van der Waals surface area contributed by atoms with Gasteiger partial charge in [-0.25, -0.2) is 0 Å². The standard InChI is InChI=1S/C15H14BrClN2O/c1-9-2-4-10(5-3-9)14(15(18)20)19-11-6-7-13(17)12(16)8-11/h2-8,14,19H,1H3,(H2,18,20). The van der Waals surface area contributed by atoms with Crippen molar-refractivity contribution in [2.45, 2.75) is 13.0 Å². The summed E-state index contributed by atoms with van der Waals surface area (Å²) in [4.78, 5) is 11.7. The molecule has 20 heavy (non-hydrogen) atoms. The van der Waals surface area contributed by atoms with Crippen molar-refractivity contribution in [1.82, 2.24) is 0 Å². The second-order valence-corrected chi connectivity index (χ2v) is 5.78. The SMILES string of the molecule is Cc1ccc(C(Nc2ccc(Cl)c(Br)c2)C(N)=O)cc1. The summed E-state index contributed by atoms with van der Waals surface area (Å²) < 4.78 is 0.760. The third-order valence-electron chi connectivity index (χ3n) is 2.93. The largest absolute Gasteiger partial charge is 0.370 e. The number of halogens is 2. The Morgan fingerprint density at radius 2 is 1.90 bits per heavy atom. The summed E-state index contributed by atoms with van der Waals surface area (Å²) in [6, 6.07) is 12.5. The van der Waals surface area contributed by atoms with Crippen LogP contribution < -0.4 is 11.1 Å².